The van der Waals surface area contributed by atoms with Crippen LogP contribution in [0.25, 0.3) is 0 Å². The molecule has 0 fully saturated rings. The van der Waals surface area contributed by atoms with E-state index in [9.17, 15) is 9.18 Å². The third kappa shape index (κ3) is 3.27. The van der Waals surface area contributed by atoms with Gasteiger partial charge >= 0.3 is 0 Å². The molecule has 0 radical (unpaired) electrons. The van der Waals surface area contributed by atoms with Gasteiger partial charge in [-0.05, 0) is 23.6 Å². The standard InChI is InChI=1S/C13H16ClFO2/c1-13(2,3)12(17-4)11(16)9-6-5-8(14)7-10(9)15/h5-7,12H,1-4H3. The van der Waals surface area contributed by atoms with Gasteiger partial charge in [0.25, 0.3) is 0 Å². The van der Waals surface area contributed by atoms with Gasteiger partial charge < -0.3 is 4.74 Å². The molecule has 1 unspecified atom stereocenters. The Morgan fingerprint density at radius 1 is 1.41 bits per heavy atom. The summed E-state index contributed by atoms with van der Waals surface area (Å²) >= 11 is 5.64. The minimum Gasteiger partial charge on any atom is -0.373 e. The molecule has 0 bridgehead atoms. The number of benzene rings is 1. The van der Waals surface area contributed by atoms with E-state index < -0.39 is 17.3 Å². The summed E-state index contributed by atoms with van der Waals surface area (Å²) < 4.78 is 18.8. The van der Waals surface area contributed by atoms with Crippen LogP contribution < -0.4 is 0 Å². The number of halogens is 2. The Kier molecular flexibility index (Phi) is 4.28. The van der Waals surface area contributed by atoms with E-state index in [1.807, 2.05) is 20.8 Å². The summed E-state index contributed by atoms with van der Waals surface area (Å²) in [4.78, 5) is 12.1. The molecule has 0 saturated heterocycles. The zero-order valence-electron chi connectivity index (χ0n) is 10.4. The van der Waals surface area contributed by atoms with Crippen LogP contribution in [0, 0.1) is 11.2 Å². The topological polar surface area (TPSA) is 26.3 Å². The zero-order chi connectivity index (χ0) is 13.2. The Morgan fingerprint density at radius 3 is 2.41 bits per heavy atom. The zero-order valence-corrected chi connectivity index (χ0v) is 11.1. The van der Waals surface area contributed by atoms with Gasteiger partial charge in [-0.25, -0.2) is 4.39 Å². The molecule has 1 rings (SSSR count). The number of ketones is 1. The lowest BCUT2D eigenvalue weighted by molar-refractivity contribution is 0.0192. The number of carbonyl (C=O) groups is 1. The van der Waals surface area contributed by atoms with Gasteiger partial charge in [0.05, 0.1) is 5.56 Å². The van der Waals surface area contributed by atoms with Crippen LogP contribution in [0.3, 0.4) is 0 Å². The Bertz CT molecular complexity index is 424. The molecule has 17 heavy (non-hydrogen) atoms. The molecule has 1 aromatic carbocycles. The van der Waals surface area contributed by atoms with Gasteiger partial charge in [0, 0.05) is 12.1 Å². The van der Waals surface area contributed by atoms with Crippen LogP contribution in [0.2, 0.25) is 5.02 Å². The highest BCUT2D eigenvalue weighted by molar-refractivity contribution is 6.30. The Balaban J connectivity index is 3.11. The van der Waals surface area contributed by atoms with E-state index in [1.54, 1.807) is 0 Å². The number of ether oxygens (including phenoxy) is 1. The fourth-order valence-corrected chi connectivity index (χ4v) is 1.84. The van der Waals surface area contributed by atoms with E-state index in [-0.39, 0.29) is 16.4 Å². The molecule has 0 spiro atoms. The van der Waals surface area contributed by atoms with Crippen LogP contribution in [0.1, 0.15) is 31.1 Å². The molecule has 2 nitrogen and oxygen atoms in total. The third-order valence-electron chi connectivity index (χ3n) is 2.46. The van der Waals surface area contributed by atoms with E-state index >= 15 is 0 Å². The molecule has 0 N–H and O–H groups in total. The van der Waals surface area contributed by atoms with Gasteiger partial charge in [-0.15, -0.1) is 0 Å². The molecule has 1 aromatic rings. The first kappa shape index (κ1) is 14.1. The molecule has 0 aliphatic carbocycles. The third-order valence-corrected chi connectivity index (χ3v) is 2.69. The maximum absolute atomic E-state index is 13.6. The molecule has 1 atom stereocenters. The summed E-state index contributed by atoms with van der Waals surface area (Å²) in [5.41, 5.74) is -0.381. The van der Waals surface area contributed by atoms with Crippen molar-refractivity contribution in [3.8, 4) is 0 Å². The smallest absolute Gasteiger partial charge is 0.195 e. The van der Waals surface area contributed by atoms with Crippen LogP contribution in [0.15, 0.2) is 18.2 Å². The number of hydrogen-bond donors (Lipinski definition) is 0. The van der Waals surface area contributed by atoms with Crippen LogP contribution in [-0.2, 0) is 4.74 Å². The number of hydrogen-bond acceptors (Lipinski definition) is 2. The minimum absolute atomic E-state index is 0.0103. The Morgan fingerprint density at radius 2 is 2.00 bits per heavy atom. The maximum atomic E-state index is 13.6. The second kappa shape index (κ2) is 5.15. The lowest BCUT2D eigenvalue weighted by Gasteiger charge is -2.28. The van der Waals surface area contributed by atoms with E-state index in [4.69, 9.17) is 16.3 Å². The predicted molar refractivity (Wildman–Crippen MR) is 66.0 cm³/mol. The fraction of sp³-hybridized carbons (Fsp3) is 0.462. The second-order valence-corrected chi connectivity index (χ2v) is 5.41. The highest BCUT2D eigenvalue weighted by Gasteiger charge is 2.33. The van der Waals surface area contributed by atoms with Crippen molar-refractivity contribution < 1.29 is 13.9 Å². The van der Waals surface area contributed by atoms with Crippen molar-refractivity contribution in [3.63, 3.8) is 0 Å². The van der Waals surface area contributed by atoms with Crippen molar-refractivity contribution in [2.75, 3.05) is 7.11 Å². The summed E-state index contributed by atoms with van der Waals surface area (Å²) in [6.45, 7) is 5.60. The molecule has 0 heterocycles. The fourth-order valence-electron chi connectivity index (χ4n) is 1.68. The number of rotatable bonds is 3. The lowest BCUT2D eigenvalue weighted by atomic mass is 9.84. The van der Waals surface area contributed by atoms with Gasteiger partial charge in [-0.1, -0.05) is 32.4 Å². The molecular formula is C13H16ClFO2. The van der Waals surface area contributed by atoms with Gasteiger partial charge in [-0.2, -0.15) is 0 Å². The largest absolute Gasteiger partial charge is 0.373 e. The molecule has 0 aliphatic rings. The molecule has 0 saturated carbocycles. The molecular weight excluding hydrogens is 243 g/mol. The van der Waals surface area contributed by atoms with Crippen molar-refractivity contribution in [1.82, 2.24) is 0 Å². The molecule has 0 aromatic heterocycles. The second-order valence-electron chi connectivity index (χ2n) is 4.97. The van der Waals surface area contributed by atoms with Crippen molar-refractivity contribution in [2.45, 2.75) is 26.9 Å². The first-order valence-electron chi connectivity index (χ1n) is 5.29. The van der Waals surface area contributed by atoms with Crippen molar-refractivity contribution in [2.24, 2.45) is 5.41 Å². The highest BCUT2D eigenvalue weighted by Crippen LogP contribution is 2.26. The number of Topliss-reactive ketones (excluding diaryl/α,β-unsaturated/α-hetero) is 1. The van der Waals surface area contributed by atoms with E-state index in [0.29, 0.717) is 0 Å². The van der Waals surface area contributed by atoms with E-state index in [2.05, 4.69) is 0 Å². The average molecular weight is 259 g/mol. The molecule has 94 valence electrons. The molecule has 0 amide bonds. The van der Waals surface area contributed by atoms with Gasteiger partial charge in [0.15, 0.2) is 5.78 Å². The van der Waals surface area contributed by atoms with Crippen molar-refractivity contribution in [3.05, 3.63) is 34.6 Å². The molecule has 4 heteroatoms. The van der Waals surface area contributed by atoms with Gasteiger partial charge in [0.2, 0.25) is 0 Å². The summed E-state index contributed by atoms with van der Waals surface area (Å²) in [7, 11) is 1.45. The Labute approximate surface area is 106 Å². The monoisotopic (exact) mass is 258 g/mol. The van der Waals surface area contributed by atoms with Crippen LogP contribution in [0.4, 0.5) is 4.39 Å². The summed E-state index contributed by atoms with van der Waals surface area (Å²) in [6, 6.07) is 4.01. The van der Waals surface area contributed by atoms with Crippen molar-refractivity contribution in [1.29, 1.82) is 0 Å². The SMILES string of the molecule is COC(C(=O)c1ccc(Cl)cc1F)C(C)(C)C. The predicted octanol–water partition coefficient (Wildman–Crippen LogP) is 3.72. The lowest BCUT2D eigenvalue weighted by Crippen LogP contribution is -2.36. The highest BCUT2D eigenvalue weighted by atomic mass is 35.5. The Hall–Kier alpha value is -0.930. The number of carbonyl (C=O) groups excluding carboxylic acids is 1. The summed E-state index contributed by atoms with van der Waals surface area (Å²) in [5, 5.41) is 0.267. The summed E-state index contributed by atoms with van der Waals surface area (Å²) in [6.07, 6.45) is -0.682. The quantitative estimate of drug-likeness (QED) is 0.773. The van der Waals surface area contributed by atoms with Gasteiger partial charge in [-0.3, -0.25) is 4.79 Å². The number of methoxy groups -OCH3 is 1. The summed E-state index contributed by atoms with van der Waals surface area (Å²) in [5.74, 6) is -0.983. The minimum atomic E-state index is -0.682. The van der Waals surface area contributed by atoms with E-state index in [1.165, 1.54) is 19.2 Å². The first-order chi connectivity index (χ1) is 7.77. The normalized spacial score (nSPS) is 13.5. The average Bonchev–Trinajstić information content (AvgIpc) is 2.15. The van der Waals surface area contributed by atoms with Gasteiger partial charge in [0.1, 0.15) is 11.9 Å². The van der Waals surface area contributed by atoms with Crippen LogP contribution >= 0.6 is 11.6 Å². The van der Waals surface area contributed by atoms with E-state index in [0.717, 1.165) is 6.07 Å². The van der Waals surface area contributed by atoms with Crippen molar-refractivity contribution >= 4 is 17.4 Å². The maximum Gasteiger partial charge on any atom is 0.195 e. The first-order valence-corrected chi connectivity index (χ1v) is 5.67. The van der Waals surface area contributed by atoms with Crippen LogP contribution in [-0.4, -0.2) is 19.0 Å². The molecule has 0 aliphatic heterocycles. The van der Waals surface area contributed by atoms with Crippen LogP contribution in [0.5, 0.6) is 0 Å².